The zero-order valence-electron chi connectivity index (χ0n) is 21.2. The predicted octanol–water partition coefficient (Wildman–Crippen LogP) is 5.37. The molecule has 0 radical (unpaired) electrons. The third-order valence-corrected chi connectivity index (χ3v) is 5.92. The van der Waals surface area contributed by atoms with Crippen LogP contribution in [0, 0.1) is 0 Å². The highest BCUT2D eigenvalue weighted by atomic mass is 16.2. The second kappa shape index (κ2) is 14.3. The van der Waals surface area contributed by atoms with Crippen molar-refractivity contribution in [3.05, 3.63) is 0 Å². The molecule has 2 rings (SSSR count). The van der Waals surface area contributed by atoms with Crippen LogP contribution >= 0.6 is 0 Å². The van der Waals surface area contributed by atoms with Crippen LogP contribution in [0.2, 0.25) is 0 Å². The molecule has 2 fully saturated rings. The van der Waals surface area contributed by atoms with E-state index in [1.807, 2.05) is 13.8 Å². The third kappa shape index (κ3) is 10.6. The predicted molar refractivity (Wildman–Crippen MR) is 129 cm³/mol. The van der Waals surface area contributed by atoms with E-state index < -0.39 is 11.1 Å². The quantitative estimate of drug-likeness (QED) is 0.485. The molecule has 2 N–H and O–H groups in total. The molecule has 0 aromatic heterocycles. The second-order valence-electron chi connectivity index (χ2n) is 9.85. The molecule has 2 aliphatic carbocycles. The van der Waals surface area contributed by atoms with E-state index in [4.69, 9.17) is 0 Å². The Hall–Kier alpha value is -1.86. The van der Waals surface area contributed by atoms with Crippen LogP contribution in [0.3, 0.4) is 0 Å². The summed E-state index contributed by atoms with van der Waals surface area (Å²) >= 11 is 0. The van der Waals surface area contributed by atoms with E-state index in [9.17, 15) is 9.59 Å². The summed E-state index contributed by atoms with van der Waals surface area (Å²) < 4.78 is 0. The van der Waals surface area contributed by atoms with Gasteiger partial charge in [0.1, 0.15) is 0 Å². The molecule has 32 heavy (non-hydrogen) atoms. The van der Waals surface area contributed by atoms with Gasteiger partial charge in [0.15, 0.2) is 11.1 Å². The summed E-state index contributed by atoms with van der Waals surface area (Å²) in [5.74, 6) is -0.228. The van der Waals surface area contributed by atoms with Crippen LogP contribution in [0.25, 0.3) is 0 Å². The minimum atomic E-state index is -0.972. The van der Waals surface area contributed by atoms with Gasteiger partial charge in [0.2, 0.25) is 11.8 Å². The van der Waals surface area contributed by atoms with Crippen LogP contribution in [0.5, 0.6) is 0 Å². The Morgan fingerprint density at radius 1 is 0.656 bits per heavy atom. The summed E-state index contributed by atoms with van der Waals surface area (Å²) in [5, 5.41) is 22.1. The number of rotatable bonds is 8. The number of nitrogens with one attached hydrogen (secondary N) is 2. The van der Waals surface area contributed by atoms with Crippen molar-refractivity contribution < 1.29 is 9.59 Å². The molecule has 0 bridgehead atoms. The van der Waals surface area contributed by atoms with Gasteiger partial charge in [-0.3, -0.25) is 9.59 Å². The van der Waals surface area contributed by atoms with Crippen molar-refractivity contribution in [1.82, 2.24) is 10.6 Å². The Bertz CT molecular complexity index is 566. The Balaban J connectivity index is 0.000000751. The molecule has 0 aromatic carbocycles. The van der Waals surface area contributed by atoms with Crippen LogP contribution in [0.4, 0.5) is 0 Å². The molecule has 8 nitrogen and oxygen atoms in total. The molecule has 0 spiro atoms. The zero-order chi connectivity index (χ0) is 24.0. The maximum absolute atomic E-state index is 12.6. The van der Waals surface area contributed by atoms with E-state index in [0.717, 1.165) is 38.8 Å². The van der Waals surface area contributed by atoms with Gasteiger partial charge < -0.3 is 10.6 Å². The highest BCUT2D eigenvalue weighted by Gasteiger charge is 2.34. The molecule has 0 aromatic rings. The summed E-state index contributed by atoms with van der Waals surface area (Å²) in [6.07, 6.45) is 11.3. The van der Waals surface area contributed by atoms with Crippen molar-refractivity contribution in [2.45, 2.75) is 129 Å². The van der Waals surface area contributed by atoms with E-state index in [1.54, 1.807) is 27.7 Å². The summed E-state index contributed by atoms with van der Waals surface area (Å²) in [5.41, 5.74) is -1.94. The lowest BCUT2D eigenvalue weighted by atomic mass is 9.94. The van der Waals surface area contributed by atoms with Crippen LogP contribution in [0.15, 0.2) is 20.5 Å². The van der Waals surface area contributed by atoms with E-state index in [-0.39, 0.29) is 23.9 Å². The van der Waals surface area contributed by atoms with Crippen LogP contribution in [0.1, 0.15) is 106 Å². The van der Waals surface area contributed by atoms with E-state index in [1.165, 1.54) is 38.5 Å². The summed E-state index contributed by atoms with van der Waals surface area (Å²) in [4.78, 5) is 25.1. The summed E-state index contributed by atoms with van der Waals surface area (Å²) in [7, 11) is 0. The number of azo groups is 2. The first-order valence-corrected chi connectivity index (χ1v) is 12.5. The minimum absolute atomic E-state index is 0.114. The minimum Gasteiger partial charge on any atom is -0.351 e. The lowest BCUT2D eigenvalue weighted by Gasteiger charge is -2.28. The van der Waals surface area contributed by atoms with E-state index in [2.05, 4.69) is 31.1 Å². The van der Waals surface area contributed by atoms with Crippen LogP contribution in [-0.2, 0) is 9.59 Å². The van der Waals surface area contributed by atoms with Gasteiger partial charge >= 0.3 is 0 Å². The first-order valence-electron chi connectivity index (χ1n) is 12.5. The van der Waals surface area contributed by atoms with Gasteiger partial charge in [-0.15, -0.1) is 0 Å². The first kappa shape index (κ1) is 28.2. The standard InChI is InChI=1S/C20H36N4O2.C4H10N2/c1-19(2,17(25)21-15-11-7-5-8-12-15)23-24-20(3,4)18(26)22-16-13-9-6-10-14-16;1-3-5-6-4-2/h15-16H,5-14H2,1-4H3,(H,21,25)(H,22,26);3-4H2,1-2H3. The van der Waals surface area contributed by atoms with Gasteiger partial charge in [-0.25, -0.2) is 0 Å². The topological polar surface area (TPSA) is 108 Å². The molecular weight excluding hydrogens is 404 g/mol. The maximum atomic E-state index is 12.6. The van der Waals surface area contributed by atoms with Gasteiger partial charge in [-0.1, -0.05) is 38.5 Å². The van der Waals surface area contributed by atoms with Crippen molar-refractivity contribution in [2.24, 2.45) is 20.5 Å². The Morgan fingerprint density at radius 3 is 1.25 bits per heavy atom. The monoisotopic (exact) mass is 450 g/mol. The van der Waals surface area contributed by atoms with Crippen molar-refractivity contribution in [1.29, 1.82) is 0 Å². The lowest BCUT2D eigenvalue weighted by Crippen LogP contribution is -2.48. The molecule has 184 valence electrons. The molecular formula is C24H46N6O2. The van der Waals surface area contributed by atoms with Crippen molar-refractivity contribution in [3.63, 3.8) is 0 Å². The molecule has 8 heteroatoms. The fourth-order valence-corrected chi connectivity index (χ4v) is 3.76. The average molecular weight is 451 g/mol. The molecule has 2 saturated carbocycles. The van der Waals surface area contributed by atoms with Crippen molar-refractivity contribution >= 4 is 11.8 Å². The molecule has 0 atom stereocenters. The van der Waals surface area contributed by atoms with Gasteiger partial charge in [0, 0.05) is 12.1 Å². The zero-order valence-corrected chi connectivity index (χ0v) is 21.2. The lowest BCUT2D eigenvalue weighted by molar-refractivity contribution is -0.128. The Morgan fingerprint density at radius 2 is 0.969 bits per heavy atom. The smallest absolute Gasteiger partial charge is 0.249 e. The van der Waals surface area contributed by atoms with Crippen molar-refractivity contribution in [3.8, 4) is 0 Å². The number of amides is 2. The molecule has 0 heterocycles. The fourth-order valence-electron chi connectivity index (χ4n) is 3.76. The highest BCUT2D eigenvalue weighted by molar-refractivity contribution is 5.87. The fraction of sp³-hybridized carbons (Fsp3) is 0.917. The number of nitrogens with zero attached hydrogens (tertiary/aromatic N) is 4. The first-order chi connectivity index (χ1) is 15.1. The van der Waals surface area contributed by atoms with Crippen LogP contribution < -0.4 is 10.6 Å². The second-order valence-corrected chi connectivity index (χ2v) is 9.85. The number of carbonyl (C=O) groups is 2. The van der Waals surface area contributed by atoms with Crippen LogP contribution in [-0.4, -0.2) is 48.1 Å². The summed E-state index contributed by atoms with van der Waals surface area (Å²) in [6, 6.07) is 0.488. The number of hydrogen-bond donors (Lipinski definition) is 2. The van der Waals surface area contributed by atoms with Gasteiger partial charge in [0.05, 0.1) is 13.1 Å². The van der Waals surface area contributed by atoms with Gasteiger partial charge in [-0.05, 0) is 67.2 Å². The van der Waals surface area contributed by atoms with Gasteiger partial charge in [-0.2, -0.15) is 20.5 Å². The van der Waals surface area contributed by atoms with Crippen molar-refractivity contribution in [2.75, 3.05) is 13.1 Å². The Labute approximate surface area is 194 Å². The Kier molecular flexibility index (Phi) is 12.6. The average Bonchev–Trinajstić information content (AvgIpc) is 2.78. The number of hydrogen-bond acceptors (Lipinski definition) is 6. The third-order valence-electron chi connectivity index (χ3n) is 5.92. The molecule has 2 aliphatic rings. The van der Waals surface area contributed by atoms with E-state index >= 15 is 0 Å². The van der Waals surface area contributed by atoms with Gasteiger partial charge in [0.25, 0.3) is 0 Å². The molecule has 0 aliphatic heterocycles. The van der Waals surface area contributed by atoms with E-state index in [0.29, 0.717) is 0 Å². The number of carbonyl (C=O) groups excluding carboxylic acids is 2. The SMILES string of the molecule is CC(C)(N=NC(C)(C)C(=O)NC1CCCCC1)C(=O)NC1CCCCC1.CCN=NCC. The highest BCUT2D eigenvalue weighted by Crippen LogP contribution is 2.22. The maximum Gasteiger partial charge on any atom is 0.249 e. The summed E-state index contributed by atoms with van der Waals surface area (Å²) in [6.45, 7) is 12.6. The largest absolute Gasteiger partial charge is 0.351 e. The normalized spacial score (nSPS) is 18.9. The molecule has 2 amide bonds. The molecule has 0 saturated heterocycles. The molecule has 0 unspecified atom stereocenters.